The highest BCUT2D eigenvalue weighted by molar-refractivity contribution is 5.17. The van der Waals surface area contributed by atoms with Gasteiger partial charge < -0.3 is 10.0 Å². The summed E-state index contributed by atoms with van der Waals surface area (Å²) < 4.78 is 0. The van der Waals surface area contributed by atoms with Crippen LogP contribution in [0.2, 0.25) is 0 Å². The van der Waals surface area contributed by atoms with Gasteiger partial charge in [-0.05, 0) is 43.7 Å². The van der Waals surface area contributed by atoms with Crippen LogP contribution in [0.3, 0.4) is 0 Å². The van der Waals surface area contributed by atoms with Crippen molar-refractivity contribution in [1.82, 2.24) is 4.90 Å². The largest absolute Gasteiger partial charge is 0.387 e. The van der Waals surface area contributed by atoms with Crippen LogP contribution in [0, 0.1) is 11.8 Å². The molecule has 18 heavy (non-hydrogen) atoms. The molecule has 0 amide bonds. The van der Waals surface area contributed by atoms with Crippen molar-refractivity contribution in [3.8, 4) is 0 Å². The van der Waals surface area contributed by atoms with Gasteiger partial charge in [0.05, 0.1) is 6.10 Å². The molecule has 2 heteroatoms. The van der Waals surface area contributed by atoms with Crippen molar-refractivity contribution >= 4 is 0 Å². The van der Waals surface area contributed by atoms with Crippen LogP contribution in [0.1, 0.15) is 37.4 Å². The zero-order valence-electron chi connectivity index (χ0n) is 11.1. The summed E-state index contributed by atoms with van der Waals surface area (Å²) in [4.78, 5) is 2.39. The van der Waals surface area contributed by atoms with E-state index in [-0.39, 0.29) is 6.10 Å². The van der Waals surface area contributed by atoms with Crippen LogP contribution in [0.5, 0.6) is 0 Å². The molecule has 3 rings (SSSR count). The van der Waals surface area contributed by atoms with Crippen molar-refractivity contribution < 1.29 is 5.11 Å². The molecule has 2 aliphatic carbocycles. The predicted molar refractivity (Wildman–Crippen MR) is 73.3 cm³/mol. The van der Waals surface area contributed by atoms with Crippen molar-refractivity contribution in [3.63, 3.8) is 0 Å². The molecule has 0 aromatic heterocycles. The summed E-state index contributed by atoms with van der Waals surface area (Å²) in [5, 5.41) is 10.3. The topological polar surface area (TPSA) is 23.5 Å². The maximum atomic E-state index is 10.3. The maximum Gasteiger partial charge on any atom is 0.0916 e. The summed E-state index contributed by atoms with van der Waals surface area (Å²) >= 11 is 0. The Morgan fingerprint density at radius 3 is 2.61 bits per heavy atom. The molecular formula is C16H23NO. The Bertz CT molecular complexity index is 391. The minimum atomic E-state index is -0.352. The third-order valence-electron chi connectivity index (χ3n) is 4.91. The quantitative estimate of drug-likeness (QED) is 0.881. The lowest BCUT2D eigenvalue weighted by Gasteiger charge is -2.32. The molecule has 2 fully saturated rings. The number of benzene rings is 1. The number of aliphatic hydroxyl groups is 1. The third-order valence-corrected chi connectivity index (χ3v) is 4.91. The van der Waals surface area contributed by atoms with Crippen LogP contribution in [-0.2, 0) is 0 Å². The smallest absolute Gasteiger partial charge is 0.0916 e. The number of rotatable bonds is 4. The molecule has 1 N–H and O–H groups in total. The number of hydrogen-bond donors (Lipinski definition) is 1. The lowest BCUT2D eigenvalue weighted by molar-refractivity contribution is 0.0853. The molecule has 2 aliphatic rings. The van der Waals surface area contributed by atoms with Crippen LogP contribution in [0.4, 0.5) is 0 Å². The second kappa shape index (κ2) is 5.02. The molecule has 98 valence electrons. The first-order chi connectivity index (χ1) is 8.74. The zero-order valence-corrected chi connectivity index (χ0v) is 11.1. The molecule has 0 spiro atoms. The highest BCUT2D eigenvalue weighted by atomic mass is 16.3. The summed E-state index contributed by atoms with van der Waals surface area (Å²) in [6.45, 7) is 0.762. The standard InChI is InChI=1S/C16H23NO/c1-17(15-10-12-7-8-14(15)9-12)11-16(18)13-5-3-2-4-6-13/h2-6,12,14-16,18H,7-11H2,1H3/t12-,14-,15+,16+/m0/s1. The molecule has 0 saturated heterocycles. The highest BCUT2D eigenvalue weighted by Gasteiger charge is 2.41. The van der Waals surface area contributed by atoms with E-state index in [1.807, 2.05) is 30.3 Å². The number of hydrogen-bond acceptors (Lipinski definition) is 2. The average Bonchev–Trinajstić information content (AvgIpc) is 3.02. The van der Waals surface area contributed by atoms with E-state index in [1.54, 1.807) is 0 Å². The van der Waals surface area contributed by atoms with E-state index in [0.29, 0.717) is 6.04 Å². The molecule has 1 aromatic carbocycles. The second-order valence-electron chi connectivity index (χ2n) is 6.11. The van der Waals surface area contributed by atoms with E-state index in [1.165, 1.54) is 25.7 Å². The molecular weight excluding hydrogens is 222 g/mol. The number of nitrogens with zero attached hydrogens (tertiary/aromatic N) is 1. The number of aliphatic hydroxyl groups excluding tert-OH is 1. The van der Waals surface area contributed by atoms with Crippen molar-refractivity contribution in [2.75, 3.05) is 13.6 Å². The van der Waals surface area contributed by atoms with Gasteiger partial charge in [-0.1, -0.05) is 36.8 Å². The Morgan fingerprint density at radius 2 is 2.00 bits per heavy atom. The molecule has 0 unspecified atom stereocenters. The minimum absolute atomic E-state index is 0.352. The van der Waals surface area contributed by atoms with Crippen LogP contribution in [0.15, 0.2) is 30.3 Å². The molecule has 2 bridgehead atoms. The SMILES string of the molecule is CN(C[C@@H](O)c1ccccc1)[C@@H]1C[C@H]2CC[C@H]1C2. The van der Waals surface area contributed by atoms with E-state index < -0.39 is 0 Å². The molecule has 2 nitrogen and oxygen atoms in total. The third kappa shape index (κ3) is 2.32. The first kappa shape index (κ1) is 12.2. The second-order valence-corrected chi connectivity index (χ2v) is 6.11. The Labute approximate surface area is 110 Å². The van der Waals surface area contributed by atoms with E-state index in [2.05, 4.69) is 11.9 Å². The fourth-order valence-electron chi connectivity index (χ4n) is 3.94. The number of likely N-dealkylation sites (N-methyl/N-ethyl adjacent to an activating group) is 1. The van der Waals surface area contributed by atoms with Crippen LogP contribution < -0.4 is 0 Å². The van der Waals surface area contributed by atoms with Gasteiger partial charge in [-0.2, -0.15) is 0 Å². The first-order valence-corrected chi connectivity index (χ1v) is 7.17. The zero-order chi connectivity index (χ0) is 12.5. The maximum absolute atomic E-state index is 10.3. The molecule has 0 heterocycles. The Morgan fingerprint density at radius 1 is 1.22 bits per heavy atom. The molecule has 1 aromatic rings. The lowest BCUT2D eigenvalue weighted by atomic mass is 9.94. The van der Waals surface area contributed by atoms with E-state index >= 15 is 0 Å². The van der Waals surface area contributed by atoms with Crippen LogP contribution in [-0.4, -0.2) is 29.6 Å². The Kier molecular flexibility index (Phi) is 3.40. The summed E-state index contributed by atoms with van der Waals surface area (Å²) in [6.07, 6.45) is 5.27. The summed E-state index contributed by atoms with van der Waals surface area (Å²) in [7, 11) is 2.18. The van der Waals surface area contributed by atoms with E-state index in [9.17, 15) is 5.11 Å². The Hall–Kier alpha value is -0.860. The molecule has 4 atom stereocenters. The van der Waals surface area contributed by atoms with Crippen LogP contribution >= 0.6 is 0 Å². The van der Waals surface area contributed by atoms with Gasteiger partial charge in [0.2, 0.25) is 0 Å². The fourth-order valence-corrected chi connectivity index (χ4v) is 3.94. The van der Waals surface area contributed by atoms with Gasteiger partial charge in [0.1, 0.15) is 0 Å². The molecule has 2 saturated carbocycles. The first-order valence-electron chi connectivity index (χ1n) is 7.17. The van der Waals surface area contributed by atoms with E-state index in [4.69, 9.17) is 0 Å². The summed E-state index contributed by atoms with van der Waals surface area (Å²) in [5.74, 6) is 1.86. The minimum Gasteiger partial charge on any atom is -0.387 e. The number of fused-ring (bicyclic) bond motifs is 2. The van der Waals surface area contributed by atoms with Gasteiger partial charge in [0.15, 0.2) is 0 Å². The van der Waals surface area contributed by atoms with Crippen molar-refractivity contribution in [3.05, 3.63) is 35.9 Å². The van der Waals surface area contributed by atoms with Gasteiger partial charge in [0.25, 0.3) is 0 Å². The van der Waals surface area contributed by atoms with Gasteiger partial charge in [-0.25, -0.2) is 0 Å². The average molecular weight is 245 g/mol. The van der Waals surface area contributed by atoms with Gasteiger partial charge >= 0.3 is 0 Å². The fraction of sp³-hybridized carbons (Fsp3) is 0.625. The van der Waals surface area contributed by atoms with Crippen molar-refractivity contribution in [1.29, 1.82) is 0 Å². The monoisotopic (exact) mass is 245 g/mol. The van der Waals surface area contributed by atoms with Gasteiger partial charge in [-0.3, -0.25) is 0 Å². The highest BCUT2D eigenvalue weighted by Crippen LogP contribution is 2.46. The molecule has 0 aliphatic heterocycles. The summed E-state index contributed by atoms with van der Waals surface area (Å²) in [6, 6.07) is 10.7. The Balaban J connectivity index is 1.59. The summed E-state index contributed by atoms with van der Waals surface area (Å²) in [5.41, 5.74) is 1.03. The predicted octanol–water partition coefficient (Wildman–Crippen LogP) is 2.84. The van der Waals surface area contributed by atoms with Crippen molar-refractivity contribution in [2.45, 2.75) is 37.8 Å². The normalized spacial score (nSPS) is 32.1. The van der Waals surface area contributed by atoms with Crippen LogP contribution in [0.25, 0.3) is 0 Å². The van der Waals surface area contributed by atoms with Crippen molar-refractivity contribution in [2.24, 2.45) is 11.8 Å². The van der Waals surface area contributed by atoms with Gasteiger partial charge in [0, 0.05) is 12.6 Å². The van der Waals surface area contributed by atoms with E-state index in [0.717, 1.165) is 23.9 Å². The van der Waals surface area contributed by atoms with Gasteiger partial charge in [-0.15, -0.1) is 0 Å². The molecule has 0 radical (unpaired) electrons. The lowest BCUT2D eigenvalue weighted by Crippen LogP contribution is -2.38.